The van der Waals surface area contributed by atoms with Crippen LogP contribution in [0.3, 0.4) is 0 Å². The first-order valence-corrected chi connectivity index (χ1v) is 48.5. The number of alkyl halides is 2. The maximum atomic E-state index is 14.8. The molecule has 14 aliphatic carbocycles. The van der Waals surface area contributed by atoms with Gasteiger partial charge in [-0.3, -0.25) is 57.5 Å². The number of urea groups is 1. The first-order valence-electron chi connectivity index (χ1n) is 48.5. The van der Waals surface area contributed by atoms with E-state index in [1.807, 2.05) is 26.0 Å². The van der Waals surface area contributed by atoms with Gasteiger partial charge < -0.3 is 62.6 Å². The third-order valence-electron chi connectivity index (χ3n) is 34.0. The number of Topliss-reactive ketones (excluding diaryl/α,β-unsaturated/α-hetero) is 6. The Balaban J connectivity index is 0.000000148. The first kappa shape index (κ1) is 94.4. The van der Waals surface area contributed by atoms with E-state index >= 15 is 0 Å². The van der Waals surface area contributed by atoms with Gasteiger partial charge in [0.25, 0.3) is 17.7 Å². The average Bonchev–Trinajstić information content (AvgIpc) is 1.53. The zero-order chi connectivity index (χ0) is 92.5. The Labute approximate surface area is 752 Å². The predicted molar refractivity (Wildman–Crippen MR) is 468 cm³/mol. The highest BCUT2D eigenvalue weighted by atomic mass is 19.3. The smallest absolute Gasteiger partial charge is 0.408 e. The molecule has 10 N–H and O–H groups in total. The largest absolute Gasteiger partial charge is 0.444 e. The molecule has 3 saturated heterocycles. The number of carbonyl (C=O) groups excluding carboxylic acids is 15. The normalized spacial score (nSPS) is 32.6. The Bertz CT molecular complexity index is 4470. The van der Waals surface area contributed by atoms with Crippen LogP contribution in [0.25, 0.3) is 0 Å². The van der Waals surface area contributed by atoms with Gasteiger partial charge in [0.2, 0.25) is 41.0 Å². The maximum absolute atomic E-state index is 14.8. The number of ether oxygens (including phenoxy) is 2. The van der Waals surface area contributed by atoms with E-state index in [0.29, 0.717) is 93.2 Å². The summed E-state index contributed by atoms with van der Waals surface area (Å²) in [6.45, 7) is 24.2. The lowest BCUT2D eigenvalue weighted by Gasteiger charge is -2.56. The second kappa shape index (κ2) is 35.7. The van der Waals surface area contributed by atoms with Crippen LogP contribution in [0.4, 0.5) is 23.2 Å². The minimum Gasteiger partial charge on any atom is -0.444 e. The van der Waals surface area contributed by atoms with Crippen LogP contribution in [-0.4, -0.2) is 182 Å². The van der Waals surface area contributed by atoms with Crippen molar-refractivity contribution in [1.29, 1.82) is 0 Å². The third-order valence-corrected chi connectivity index (χ3v) is 34.0. The summed E-state index contributed by atoms with van der Waals surface area (Å²) in [6, 6.07) is 3.11. The van der Waals surface area contributed by atoms with Crippen molar-refractivity contribution in [2.24, 2.45) is 152 Å². The molecule has 4 bridgehead atoms. The lowest BCUT2D eigenvalue weighted by Crippen LogP contribution is -2.64. The molecule has 1 aromatic carbocycles. The number of ketones is 6. The zero-order valence-electron chi connectivity index (χ0n) is 77.4. The molecule has 17 aliphatic rings. The van der Waals surface area contributed by atoms with Crippen LogP contribution in [0.5, 0.6) is 0 Å². The van der Waals surface area contributed by atoms with Gasteiger partial charge in [0.15, 0.2) is 17.3 Å². The molecule has 128 heavy (non-hydrogen) atoms. The Morgan fingerprint density at radius 2 is 0.758 bits per heavy atom. The number of nitrogens with zero attached hydrogens (tertiary/aromatic N) is 3. The average molecular weight is 1780 g/mol. The Morgan fingerprint density at radius 1 is 0.438 bits per heavy atom. The number of carbonyl (C=O) groups is 15. The van der Waals surface area contributed by atoms with Gasteiger partial charge in [0.05, 0.1) is 18.1 Å². The quantitative estimate of drug-likeness (QED) is 0.0340. The van der Waals surface area contributed by atoms with E-state index in [0.717, 1.165) is 83.5 Å². The van der Waals surface area contributed by atoms with Gasteiger partial charge in [-0.05, 0) is 266 Å². The number of rotatable bonds is 31. The van der Waals surface area contributed by atoms with Gasteiger partial charge in [-0.2, -0.15) is 0 Å². The number of hydrogen-bond donors (Lipinski definition) is 7. The number of primary amides is 3. The third kappa shape index (κ3) is 20.6. The van der Waals surface area contributed by atoms with Crippen LogP contribution in [0, 0.1) is 135 Å². The molecule has 0 radical (unpaired) electrons. The highest BCUT2D eigenvalue weighted by molar-refractivity contribution is 6.37. The summed E-state index contributed by atoms with van der Waals surface area (Å²) in [4.78, 5) is 203. The number of alkyl carbamates (subject to hydrolysis) is 2. The van der Waals surface area contributed by atoms with E-state index < -0.39 is 143 Å². The maximum Gasteiger partial charge on any atom is 0.408 e. The van der Waals surface area contributed by atoms with E-state index in [-0.39, 0.29) is 142 Å². The SMILES string of the molecule is CC(C)(C)OC(=O)N[C@H](C(=O)N1C[C@H]2[C@@H]([C@H]1C(=O)CC(CC1CC1)C(=O)C(N)=O)C2(C)C)C1CC2CCCCC2C1.CC(C)(C)OC(=O)N[C@H](C(=O)N1C[C@H]2[C@@H]([C@H]1C(=O)CC(CC1CC1)C(=O)C(N)=O)C2(C)C)C1CCC(F)(F)CC1.CC1(C)[C@@H]2[C@@H](C(=O)CC(CC3CC3)C(=O)C(N)=O)N(C(=O)[C@@H](NC(=O)NC34CC5CC(CC(C5)C3)C4)C3Cc4ccccc4C3)C[C@@H]21. The predicted octanol–water partition coefficient (Wildman–Crippen LogP) is 11.6. The highest BCUT2D eigenvalue weighted by Gasteiger charge is 2.73. The van der Waals surface area contributed by atoms with Crippen molar-refractivity contribution in [2.75, 3.05) is 19.6 Å². The molecule has 13 saturated carbocycles. The minimum absolute atomic E-state index is 0.00228. The fourth-order valence-corrected chi connectivity index (χ4v) is 27.0. The lowest BCUT2D eigenvalue weighted by molar-refractivity contribution is -0.145. The van der Waals surface area contributed by atoms with Crippen LogP contribution in [-0.2, 0) is 79.8 Å². The molecule has 704 valence electrons. The zero-order valence-corrected chi connectivity index (χ0v) is 77.4. The van der Waals surface area contributed by atoms with Crippen molar-refractivity contribution < 1.29 is 90.2 Å². The van der Waals surface area contributed by atoms with Gasteiger partial charge >= 0.3 is 18.2 Å². The lowest BCUT2D eigenvalue weighted by atomic mass is 9.53. The highest BCUT2D eigenvalue weighted by Crippen LogP contribution is 2.68. The van der Waals surface area contributed by atoms with E-state index in [9.17, 15) is 80.7 Å². The number of halogens is 2. The summed E-state index contributed by atoms with van der Waals surface area (Å²) in [7, 11) is 0. The summed E-state index contributed by atoms with van der Waals surface area (Å²) in [6.07, 6.45) is 19.5. The second-order valence-corrected chi connectivity index (χ2v) is 46.7. The van der Waals surface area contributed by atoms with Gasteiger partial charge in [0, 0.05) is 75.0 Å². The number of amides is 10. The van der Waals surface area contributed by atoms with Crippen LogP contribution in [0.15, 0.2) is 24.3 Å². The first-order chi connectivity index (χ1) is 60.0. The van der Waals surface area contributed by atoms with Crippen molar-refractivity contribution in [1.82, 2.24) is 36.0 Å². The number of piperidine rings is 3. The molecular weight excluding hydrogens is 1640 g/mol. The van der Waals surface area contributed by atoms with Crippen LogP contribution >= 0.6 is 0 Å². The minimum atomic E-state index is -2.82. The summed E-state index contributed by atoms with van der Waals surface area (Å²) in [5, 5.41) is 12.2. The summed E-state index contributed by atoms with van der Waals surface area (Å²) < 4.78 is 38.9. The van der Waals surface area contributed by atoms with E-state index in [4.69, 9.17) is 26.7 Å². The Kier molecular flexibility index (Phi) is 26.3. The monoisotopic (exact) mass is 1780 g/mol. The summed E-state index contributed by atoms with van der Waals surface area (Å²) >= 11 is 0. The number of benzene rings is 1. The van der Waals surface area contributed by atoms with E-state index in [2.05, 4.69) is 61.1 Å². The summed E-state index contributed by atoms with van der Waals surface area (Å²) in [5.74, 6) is -8.18. The van der Waals surface area contributed by atoms with Crippen molar-refractivity contribution >= 4 is 88.4 Å². The molecule has 0 spiro atoms. The molecular formula is C99H142F2N10O17. The fraction of sp³-hybridized carbons (Fsp3) is 0.788. The number of nitrogens with two attached hydrogens (primary N) is 3. The molecule has 3 aliphatic heterocycles. The van der Waals surface area contributed by atoms with Gasteiger partial charge in [-0.25, -0.2) is 23.2 Å². The topological polar surface area (TPSA) is 410 Å². The number of likely N-dealkylation sites (tertiary alicyclic amines) is 3. The summed E-state index contributed by atoms with van der Waals surface area (Å²) in [5.41, 5.74) is 16.3. The van der Waals surface area contributed by atoms with Crippen molar-refractivity contribution in [2.45, 2.75) is 335 Å². The second-order valence-electron chi connectivity index (χ2n) is 46.7. The molecule has 1 aromatic rings. The van der Waals surface area contributed by atoms with Crippen molar-refractivity contribution in [3.8, 4) is 0 Å². The molecule has 16 fully saturated rings. The van der Waals surface area contributed by atoms with Crippen LogP contribution < -0.4 is 38.5 Å². The Hall–Kier alpha value is -8.27. The molecule has 27 nitrogen and oxygen atoms in total. The molecule has 18 rings (SSSR count). The number of hydrogen-bond acceptors (Lipinski definition) is 17. The van der Waals surface area contributed by atoms with Crippen molar-refractivity contribution in [3.05, 3.63) is 35.4 Å². The number of fused-ring (bicyclic) bond motifs is 5. The molecule has 10 amide bonds. The Morgan fingerprint density at radius 3 is 1.07 bits per heavy atom. The molecule has 3 heterocycles. The number of nitrogens with one attached hydrogen (secondary N) is 4. The van der Waals surface area contributed by atoms with Gasteiger partial charge in [-0.15, -0.1) is 0 Å². The molecule has 17 atom stereocenters. The van der Waals surface area contributed by atoms with Crippen LogP contribution in [0.2, 0.25) is 0 Å². The van der Waals surface area contributed by atoms with Crippen LogP contribution in [0.1, 0.15) is 274 Å². The fourth-order valence-electron chi connectivity index (χ4n) is 27.0. The molecule has 0 aromatic heterocycles. The van der Waals surface area contributed by atoms with Crippen molar-refractivity contribution in [3.63, 3.8) is 0 Å². The molecule has 29 heteroatoms. The standard InChI is InChI=1S/C38H50N4O5.C32H49N3O6.C29H43F2N3O6/c1-37(2)28-19-42(32(30(28)37)29(43)15-27(12-20-7-8-20)33(44)34(39)45)35(46)31(26-13-24-5-3-4-6-25(24)14-26)40-36(47)41-38-16-21-9-22(17-38)11-23(10-21)18-38;1-31(2,3)41-30(40)34-25(20-13-18-8-6-7-9-19(18)14-20)29(39)35-16-22-24(32(22,4)5)26(35)23(36)15-21(12-17-10-11-17)27(37)28(33)38;1-27(2,3)40-26(39)33-21(16-8-10-29(30,31)11-9-16)25(38)34-14-18-20(28(18,4)5)22(34)19(35)13-17(12-15-6-7-15)23(36)24(32)37/h3-6,20-23,26-28,30-32H,7-19H2,1-2H3,(H2,39,45)(H2,40,41,47);17-22,24-26H,6-16H2,1-5H3,(H2,33,38)(H,34,40);15-18,20-22H,6-14H2,1-5H3,(H2,32,37)(H,33,39)/t21?,22?,23?,27?,28-,30-,31-,32+,38?;18?,19?,20?,21?,22-,24-,25-,26+;17?,18-,20-,21-,22+/m000/s1. The van der Waals surface area contributed by atoms with Gasteiger partial charge in [0.1, 0.15) is 29.3 Å². The molecule has 5 unspecified atom stereocenters. The van der Waals surface area contributed by atoms with Gasteiger partial charge in [-0.1, -0.05) is 130 Å². The van der Waals surface area contributed by atoms with E-state index in [1.54, 1.807) is 51.3 Å². The van der Waals surface area contributed by atoms with E-state index in [1.165, 1.54) is 48.1 Å².